The number of thioether (sulfide) groups is 1. The molecule has 1 aliphatic rings. The fourth-order valence-electron chi connectivity index (χ4n) is 3.41. The van der Waals surface area contributed by atoms with Crippen molar-refractivity contribution in [3.8, 4) is 22.8 Å². The lowest BCUT2D eigenvalue weighted by molar-refractivity contribution is -0.115. The summed E-state index contributed by atoms with van der Waals surface area (Å²) in [5, 5.41) is 14.2. The van der Waals surface area contributed by atoms with Gasteiger partial charge in [0, 0.05) is 28.1 Å². The number of carbonyl (C=O) groups is 1. The van der Waals surface area contributed by atoms with Crippen molar-refractivity contribution in [2.75, 3.05) is 12.1 Å². The summed E-state index contributed by atoms with van der Waals surface area (Å²) < 4.78 is 10.7. The van der Waals surface area contributed by atoms with E-state index in [1.807, 2.05) is 61.5 Å². The Morgan fingerprint density at radius 1 is 0.935 bits per heavy atom. The Kier molecular flexibility index (Phi) is 5.18. The van der Waals surface area contributed by atoms with Crippen LogP contribution in [0.2, 0.25) is 0 Å². The van der Waals surface area contributed by atoms with Crippen LogP contribution in [-0.2, 0) is 4.79 Å². The number of nitrogens with one attached hydrogen (secondary N) is 1. The van der Waals surface area contributed by atoms with E-state index in [1.54, 1.807) is 18.2 Å². The van der Waals surface area contributed by atoms with Gasteiger partial charge in [0.05, 0.1) is 5.25 Å². The molecule has 1 aliphatic heterocycles. The van der Waals surface area contributed by atoms with Crippen molar-refractivity contribution in [3.05, 3.63) is 72.8 Å². The van der Waals surface area contributed by atoms with Gasteiger partial charge in [0.15, 0.2) is 11.5 Å². The van der Waals surface area contributed by atoms with Crippen LogP contribution in [0.15, 0.2) is 77.8 Å². The highest BCUT2D eigenvalue weighted by Gasteiger charge is 2.20. The van der Waals surface area contributed by atoms with E-state index < -0.39 is 0 Å². The molecule has 5 rings (SSSR count). The molecule has 0 aliphatic carbocycles. The lowest BCUT2D eigenvalue weighted by Crippen LogP contribution is -2.22. The molecule has 1 aromatic heterocycles. The first-order valence-electron chi connectivity index (χ1n) is 9.87. The summed E-state index contributed by atoms with van der Waals surface area (Å²) in [7, 11) is 0. The summed E-state index contributed by atoms with van der Waals surface area (Å²) in [4.78, 5) is 12.8. The molecule has 3 aromatic carbocycles. The summed E-state index contributed by atoms with van der Waals surface area (Å²) in [5.41, 5.74) is 2.51. The van der Waals surface area contributed by atoms with Gasteiger partial charge in [0.2, 0.25) is 12.7 Å². The third-order valence-corrected chi connectivity index (χ3v) is 6.09. The third kappa shape index (κ3) is 3.92. The van der Waals surface area contributed by atoms with Gasteiger partial charge in [-0.3, -0.25) is 4.79 Å². The van der Waals surface area contributed by atoms with Gasteiger partial charge in [-0.1, -0.05) is 66.4 Å². The van der Waals surface area contributed by atoms with E-state index in [2.05, 4.69) is 15.5 Å². The first kappa shape index (κ1) is 19.4. The number of benzene rings is 3. The van der Waals surface area contributed by atoms with Crippen molar-refractivity contribution in [1.82, 2.24) is 10.2 Å². The summed E-state index contributed by atoms with van der Waals surface area (Å²) >= 11 is 1.39. The standard InChI is InChI=1S/C24H19N3O3S/c1-15(23(28)25-17-11-12-20-21(13-17)30-14-29-20)31-24-19-10-6-5-9-18(19)22(26-27-24)16-7-3-2-4-8-16/h2-13,15H,14H2,1H3,(H,25,28)/t15-/m1/s1. The fraction of sp³-hybridized carbons (Fsp3) is 0.125. The smallest absolute Gasteiger partial charge is 0.237 e. The molecular weight excluding hydrogens is 410 g/mol. The van der Waals surface area contributed by atoms with Gasteiger partial charge in [-0.15, -0.1) is 10.2 Å². The maximum Gasteiger partial charge on any atom is 0.237 e. The van der Waals surface area contributed by atoms with Gasteiger partial charge in [-0.2, -0.15) is 0 Å². The van der Waals surface area contributed by atoms with E-state index in [0.717, 1.165) is 27.1 Å². The second-order valence-corrected chi connectivity index (χ2v) is 8.41. The second kappa shape index (κ2) is 8.28. The number of fused-ring (bicyclic) bond motifs is 2. The first-order chi connectivity index (χ1) is 15.2. The number of ether oxygens (including phenoxy) is 2. The number of amides is 1. The zero-order valence-corrected chi connectivity index (χ0v) is 17.6. The highest BCUT2D eigenvalue weighted by atomic mass is 32.2. The van der Waals surface area contributed by atoms with Gasteiger partial charge in [-0.25, -0.2) is 0 Å². The van der Waals surface area contributed by atoms with E-state index in [9.17, 15) is 4.79 Å². The van der Waals surface area contributed by atoms with E-state index in [1.165, 1.54) is 11.8 Å². The van der Waals surface area contributed by atoms with Crippen LogP contribution in [0.4, 0.5) is 5.69 Å². The Labute approximate surface area is 183 Å². The maximum absolute atomic E-state index is 12.8. The zero-order valence-electron chi connectivity index (χ0n) is 16.7. The van der Waals surface area contributed by atoms with Crippen LogP contribution in [-0.4, -0.2) is 28.1 Å². The largest absolute Gasteiger partial charge is 0.454 e. The predicted molar refractivity (Wildman–Crippen MR) is 121 cm³/mol. The second-order valence-electron chi connectivity index (χ2n) is 7.08. The highest BCUT2D eigenvalue weighted by molar-refractivity contribution is 8.00. The number of hydrogen-bond donors (Lipinski definition) is 1. The highest BCUT2D eigenvalue weighted by Crippen LogP contribution is 2.36. The molecule has 0 bridgehead atoms. The lowest BCUT2D eigenvalue weighted by Gasteiger charge is -2.14. The minimum absolute atomic E-state index is 0.123. The normalized spacial score (nSPS) is 13.2. The quantitative estimate of drug-likeness (QED) is 0.443. The number of nitrogens with zero attached hydrogens (tertiary/aromatic N) is 2. The minimum atomic E-state index is -0.370. The molecule has 4 aromatic rings. The molecule has 154 valence electrons. The average Bonchev–Trinajstić information content (AvgIpc) is 3.28. The van der Waals surface area contributed by atoms with Crippen LogP contribution >= 0.6 is 11.8 Å². The topological polar surface area (TPSA) is 73.3 Å². The molecular formula is C24H19N3O3S. The molecule has 0 fully saturated rings. The number of rotatable bonds is 5. The van der Waals surface area contributed by atoms with Gasteiger partial charge in [0.25, 0.3) is 0 Å². The van der Waals surface area contributed by atoms with Crippen LogP contribution in [0.3, 0.4) is 0 Å². The van der Waals surface area contributed by atoms with Gasteiger partial charge >= 0.3 is 0 Å². The number of anilines is 1. The summed E-state index contributed by atoms with van der Waals surface area (Å²) in [6, 6.07) is 23.3. The van der Waals surface area contributed by atoms with Gasteiger partial charge in [-0.05, 0) is 19.1 Å². The summed E-state index contributed by atoms with van der Waals surface area (Å²) in [6.07, 6.45) is 0. The Bertz CT molecular complexity index is 1260. The molecule has 1 amide bonds. The summed E-state index contributed by atoms with van der Waals surface area (Å²) in [5.74, 6) is 1.19. The number of aromatic nitrogens is 2. The van der Waals surface area contributed by atoms with E-state index in [4.69, 9.17) is 9.47 Å². The van der Waals surface area contributed by atoms with E-state index >= 15 is 0 Å². The van der Waals surface area contributed by atoms with Crippen molar-refractivity contribution in [3.63, 3.8) is 0 Å². The predicted octanol–water partition coefficient (Wildman–Crippen LogP) is 5.14. The van der Waals surface area contributed by atoms with Crippen molar-refractivity contribution in [2.24, 2.45) is 0 Å². The van der Waals surface area contributed by atoms with Gasteiger partial charge < -0.3 is 14.8 Å². The molecule has 0 saturated carbocycles. The molecule has 0 unspecified atom stereocenters. The van der Waals surface area contributed by atoms with E-state index in [0.29, 0.717) is 17.2 Å². The molecule has 6 nitrogen and oxygen atoms in total. The Hall–Kier alpha value is -3.58. The Morgan fingerprint density at radius 3 is 2.52 bits per heavy atom. The molecule has 7 heteroatoms. The average molecular weight is 430 g/mol. The van der Waals surface area contributed by atoms with Crippen molar-refractivity contribution < 1.29 is 14.3 Å². The SMILES string of the molecule is C[C@@H](Sc1nnc(-c2ccccc2)c2ccccc12)C(=O)Nc1ccc2c(c1)OCO2. The molecule has 0 saturated heterocycles. The number of carbonyl (C=O) groups excluding carboxylic acids is 1. The van der Waals surface area contributed by atoms with Crippen LogP contribution in [0.25, 0.3) is 22.0 Å². The van der Waals surface area contributed by atoms with Crippen molar-refractivity contribution in [2.45, 2.75) is 17.2 Å². The van der Waals surface area contributed by atoms with Crippen LogP contribution in [0.5, 0.6) is 11.5 Å². The van der Waals surface area contributed by atoms with E-state index in [-0.39, 0.29) is 18.0 Å². The molecule has 0 spiro atoms. The monoisotopic (exact) mass is 429 g/mol. The summed E-state index contributed by atoms with van der Waals surface area (Å²) in [6.45, 7) is 2.05. The number of hydrogen-bond acceptors (Lipinski definition) is 6. The molecule has 31 heavy (non-hydrogen) atoms. The Morgan fingerprint density at radius 2 is 1.68 bits per heavy atom. The molecule has 1 N–H and O–H groups in total. The zero-order chi connectivity index (χ0) is 21.2. The van der Waals surface area contributed by atoms with Crippen molar-refractivity contribution in [1.29, 1.82) is 0 Å². The van der Waals surface area contributed by atoms with Crippen LogP contribution in [0.1, 0.15) is 6.92 Å². The molecule has 0 radical (unpaired) electrons. The lowest BCUT2D eigenvalue weighted by atomic mass is 10.1. The molecule has 1 atom stereocenters. The van der Waals surface area contributed by atoms with Gasteiger partial charge in [0.1, 0.15) is 10.7 Å². The third-order valence-electron chi connectivity index (χ3n) is 5.00. The molecule has 2 heterocycles. The maximum atomic E-state index is 12.8. The Balaban J connectivity index is 1.38. The van der Waals surface area contributed by atoms with Crippen LogP contribution < -0.4 is 14.8 Å². The first-order valence-corrected chi connectivity index (χ1v) is 10.7. The minimum Gasteiger partial charge on any atom is -0.454 e. The fourth-order valence-corrected chi connectivity index (χ4v) is 4.31. The van der Waals surface area contributed by atoms with Crippen molar-refractivity contribution >= 4 is 34.1 Å². The van der Waals surface area contributed by atoms with Crippen LogP contribution in [0, 0.1) is 0 Å².